The SMILES string of the molecule is CCCCCCCCCCCCCCCCCCN(CCCCCCCCCCCCCCCCC)C(N)CCCO. The summed E-state index contributed by atoms with van der Waals surface area (Å²) in [6, 6.07) is 0. The normalized spacial score (nSPS) is 12.5. The van der Waals surface area contributed by atoms with Crippen LogP contribution >= 0.6 is 0 Å². The lowest BCUT2D eigenvalue weighted by molar-refractivity contribution is 0.169. The molecule has 0 spiro atoms. The fourth-order valence-corrected chi connectivity index (χ4v) is 6.48. The Balaban J connectivity index is 3.66. The number of unbranched alkanes of at least 4 members (excludes halogenated alkanes) is 29. The van der Waals surface area contributed by atoms with Crippen molar-refractivity contribution in [2.24, 2.45) is 5.73 Å². The molecule has 0 saturated carbocycles. The van der Waals surface area contributed by atoms with E-state index >= 15 is 0 Å². The van der Waals surface area contributed by atoms with Gasteiger partial charge in [-0.2, -0.15) is 0 Å². The third kappa shape index (κ3) is 32.8. The van der Waals surface area contributed by atoms with E-state index in [0.717, 1.165) is 25.9 Å². The van der Waals surface area contributed by atoms with E-state index < -0.39 is 0 Å². The Morgan fingerprint density at radius 1 is 0.381 bits per heavy atom. The van der Waals surface area contributed by atoms with Gasteiger partial charge in [0.25, 0.3) is 0 Å². The number of hydrogen-bond acceptors (Lipinski definition) is 3. The molecule has 0 aliphatic heterocycles. The average Bonchev–Trinajstić information content (AvgIpc) is 3.00. The number of aliphatic hydroxyl groups is 1. The summed E-state index contributed by atoms with van der Waals surface area (Å²) in [5.41, 5.74) is 6.55. The molecule has 1 unspecified atom stereocenters. The standard InChI is InChI=1S/C39H82N2O/c1-3-5-7-9-11-13-15-17-19-21-23-25-27-29-31-33-37-41(39(40)35-34-38-42)36-32-30-28-26-24-22-20-18-16-14-12-10-8-6-4-2/h39,42H,3-38,40H2,1-2H3. The predicted molar refractivity (Wildman–Crippen MR) is 190 cm³/mol. The minimum Gasteiger partial charge on any atom is -0.396 e. The van der Waals surface area contributed by atoms with Gasteiger partial charge in [0.05, 0.1) is 6.17 Å². The maximum Gasteiger partial charge on any atom is 0.0572 e. The van der Waals surface area contributed by atoms with E-state index in [1.807, 2.05) is 0 Å². The van der Waals surface area contributed by atoms with E-state index in [9.17, 15) is 5.11 Å². The summed E-state index contributed by atoms with van der Waals surface area (Å²) in [6.45, 7) is 7.15. The minimum absolute atomic E-state index is 0.125. The number of hydrogen-bond donors (Lipinski definition) is 2. The van der Waals surface area contributed by atoms with Gasteiger partial charge in [-0.25, -0.2) is 0 Å². The Kier molecular flexibility index (Phi) is 37.0. The molecule has 0 aromatic heterocycles. The molecular formula is C39H82N2O. The Labute approximate surface area is 267 Å². The van der Waals surface area contributed by atoms with Crippen molar-refractivity contribution in [3.63, 3.8) is 0 Å². The second kappa shape index (κ2) is 37.1. The summed E-state index contributed by atoms with van der Waals surface area (Å²) in [5, 5.41) is 9.26. The van der Waals surface area contributed by atoms with Crippen LogP contribution in [0.15, 0.2) is 0 Å². The van der Waals surface area contributed by atoms with Gasteiger partial charge in [0.1, 0.15) is 0 Å². The van der Waals surface area contributed by atoms with Crippen LogP contribution in [-0.4, -0.2) is 35.9 Å². The van der Waals surface area contributed by atoms with Crippen molar-refractivity contribution in [3.05, 3.63) is 0 Å². The molecule has 0 heterocycles. The monoisotopic (exact) mass is 595 g/mol. The van der Waals surface area contributed by atoms with Gasteiger partial charge >= 0.3 is 0 Å². The van der Waals surface area contributed by atoms with Crippen LogP contribution < -0.4 is 5.73 Å². The van der Waals surface area contributed by atoms with Gasteiger partial charge in [-0.05, 0) is 38.8 Å². The first-order valence-corrected chi connectivity index (χ1v) is 19.9. The third-order valence-corrected chi connectivity index (χ3v) is 9.47. The van der Waals surface area contributed by atoms with Crippen LogP contribution in [-0.2, 0) is 0 Å². The Hall–Kier alpha value is -0.120. The van der Waals surface area contributed by atoms with Gasteiger partial charge in [-0.15, -0.1) is 0 Å². The third-order valence-electron chi connectivity index (χ3n) is 9.47. The highest BCUT2D eigenvalue weighted by atomic mass is 16.2. The van der Waals surface area contributed by atoms with Crippen molar-refractivity contribution in [1.82, 2.24) is 4.90 Å². The molecule has 254 valence electrons. The van der Waals surface area contributed by atoms with Crippen molar-refractivity contribution in [2.45, 2.75) is 232 Å². The molecule has 0 bridgehead atoms. The number of aliphatic hydroxyl groups excluding tert-OH is 1. The van der Waals surface area contributed by atoms with Crippen molar-refractivity contribution in [2.75, 3.05) is 19.7 Å². The van der Waals surface area contributed by atoms with Crippen LogP contribution in [0, 0.1) is 0 Å². The second-order valence-corrected chi connectivity index (χ2v) is 13.7. The summed E-state index contributed by atoms with van der Waals surface area (Å²) < 4.78 is 0. The Morgan fingerprint density at radius 3 is 0.857 bits per heavy atom. The summed E-state index contributed by atoms with van der Waals surface area (Å²) in [7, 11) is 0. The first-order chi connectivity index (χ1) is 20.8. The van der Waals surface area contributed by atoms with Gasteiger partial charge in [0, 0.05) is 6.61 Å². The molecule has 0 aromatic rings. The van der Waals surface area contributed by atoms with Gasteiger partial charge < -0.3 is 10.8 Å². The Morgan fingerprint density at radius 2 is 0.619 bits per heavy atom. The summed E-state index contributed by atoms with van der Waals surface area (Å²) in [6.07, 6.45) is 45.8. The molecule has 42 heavy (non-hydrogen) atoms. The number of nitrogens with two attached hydrogens (primary N) is 1. The molecule has 0 aliphatic rings. The van der Waals surface area contributed by atoms with E-state index in [1.165, 1.54) is 199 Å². The van der Waals surface area contributed by atoms with Gasteiger partial charge in [0.2, 0.25) is 0 Å². The van der Waals surface area contributed by atoms with E-state index in [-0.39, 0.29) is 12.8 Å². The van der Waals surface area contributed by atoms with Crippen LogP contribution in [0.5, 0.6) is 0 Å². The Bertz CT molecular complexity index is 471. The van der Waals surface area contributed by atoms with E-state index in [0.29, 0.717) is 0 Å². The van der Waals surface area contributed by atoms with Crippen molar-refractivity contribution in [1.29, 1.82) is 0 Å². The highest BCUT2D eigenvalue weighted by Gasteiger charge is 2.13. The lowest BCUT2D eigenvalue weighted by atomic mass is 10.0. The summed E-state index contributed by atoms with van der Waals surface area (Å²) >= 11 is 0. The topological polar surface area (TPSA) is 49.5 Å². The van der Waals surface area contributed by atoms with Gasteiger partial charge in [0.15, 0.2) is 0 Å². The van der Waals surface area contributed by atoms with Crippen molar-refractivity contribution in [3.8, 4) is 0 Å². The quantitative estimate of drug-likeness (QED) is 0.0555. The first kappa shape index (κ1) is 41.9. The fourth-order valence-electron chi connectivity index (χ4n) is 6.48. The molecule has 0 fully saturated rings. The fraction of sp³-hybridized carbons (Fsp3) is 1.00. The maximum atomic E-state index is 9.26. The molecule has 0 radical (unpaired) electrons. The second-order valence-electron chi connectivity index (χ2n) is 13.7. The van der Waals surface area contributed by atoms with E-state index in [4.69, 9.17) is 5.73 Å². The summed E-state index contributed by atoms with van der Waals surface area (Å²) in [5.74, 6) is 0. The highest BCUT2D eigenvalue weighted by Crippen LogP contribution is 2.16. The molecule has 0 rings (SSSR count). The molecule has 0 aromatic carbocycles. The first-order valence-electron chi connectivity index (χ1n) is 19.9. The van der Waals surface area contributed by atoms with Crippen LogP contribution in [0.25, 0.3) is 0 Å². The number of rotatable bonds is 37. The lowest BCUT2D eigenvalue weighted by Crippen LogP contribution is -2.43. The predicted octanol–water partition coefficient (Wildman–Crippen LogP) is 12.5. The zero-order valence-corrected chi connectivity index (χ0v) is 29.5. The molecule has 3 heteroatoms. The highest BCUT2D eigenvalue weighted by molar-refractivity contribution is 4.67. The molecule has 0 saturated heterocycles. The van der Waals surface area contributed by atoms with Crippen molar-refractivity contribution >= 4 is 0 Å². The minimum atomic E-state index is 0.125. The van der Waals surface area contributed by atoms with Gasteiger partial charge in [-0.1, -0.05) is 200 Å². The van der Waals surface area contributed by atoms with Crippen molar-refractivity contribution < 1.29 is 5.11 Å². The molecule has 0 amide bonds. The molecule has 1 atom stereocenters. The van der Waals surface area contributed by atoms with Crippen LogP contribution in [0.3, 0.4) is 0 Å². The molecular weight excluding hydrogens is 512 g/mol. The summed E-state index contributed by atoms with van der Waals surface area (Å²) in [4.78, 5) is 2.53. The van der Waals surface area contributed by atoms with Crippen LogP contribution in [0.1, 0.15) is 226 Å². The van der Waals surface area contributed by atoms with Crippen LogP contribution in [0.4, 0.5) is 0 Å². The molecule has 3 N–H and O–H groups in total. The average molecular weight is 595 g/mol. The smallest absolute Gasteiger partial charge is 0.0572 e. The van der Waals surface area contributed by atoms with Crippen LogP contribution in [0.2, 0.25) is 0 Å². The number of nitrogens with zero attached hydrogens (tertiary/aromatic N) is 1. The maximum absolute atomic E-state index is 9.26. The molecule has 3 nitrogen and oxygen atoms in total. The largest absolute Gasteiger partial charge is 0.396 e. The zero-order valence-electron chi connectivity index (χ0n) is 29.5. The zero-order chi connectivity index (χ0) is 30.6. The lowest BCUT2D eigenvalue weighted by Gasteiger charge is -2.29. The van der Waals surface area contributed by atoms with E-state index in [1.54, 1.807) is 0 Å². The van der Waals surface area contributed by atoms with E-state index in [2.05, 4.69) is 18.7 Å². The molecule has 0 aliphatic carbocycles. The van der Waals surface area contributed by atoms with Gasteiger partial charge in [-0.3, -0.25) is 4.90 Å².